The molecule has 0 unspecified atom stereocenters. The van der Waals surface area contributed by atoms with Gasteiger partial charge < -0.3 is 19.4 Å². The van der Waals surface area contributed by atoms with Gasteiger partial charge in [-0.3, -0.25) is 4.79 Å². The van der Waals surface area contributed by atoms with Crippen molar-refractivity contribution in [2.24, 2.45) is 7.05 Å². The number of hydrogen-bond acceptors (Lipinski definition) is 3. The fraction of sp³-hybridized carbons (Fsp3) is 0.214. The molecule has 0 atom stereocenters. The van der Waals surface area contributed by atoms with E-state index in [2.05, 4.69) is 21.2 Å². The molecular weight excluding hydrogens is 360 g/mol. The second-order valence-electron chi connectivity index (χ2n) is 4.30. The lowest BCUT2D eigenvalue weighted by atomic mass is 10.2. The topological polar surface area (TPSA) is 52.5 Å². The number of amides is 1. The number of anilines is 1. The molecule has 1 aromatic heterocycles. The average Bonchev–Trinajstić information content (AvgIpc) is 2.79. The fourth-order valence-electron chi connectivity index (χ4n) is 1.89. The molecule has 1 amide bonds. The summed E-state index contributed by atoms with van der Waals surface area (Å²) in [6, 6.07) is 4.94. The lowest BCUT2D eigenvalue weighted by Gasteiger charge is -2.12. The lowest BCUT2D eigenvalue weighted by molar-refractivity contribution is 0.101. The van der Waals surface area contributed by atoms with E-state index in [9.17, 15) is 4.79 Å². The van der Waals surface area contributed by atoms with Crippen molar-refractivity contribution < 1.29 is 14.3 Å². The molecular formula is C14H14BrClN2O3. The smallest absolute Gasteiger partial charge is 0.272 e. The van der Waals surface area contributed by atoms with Crippen LogP contribution in [-0.4, -0.2) is 24.7 Å². The molecule has 0 spiro atoms. The number of hydrogen-bond donors (Lipinski definition) is 1. The minimum atomic E-state index is -0.266. The number of aromatic nitrogens is 1. The number of aryl methyl sites for hydroxylation is 1. The zero-order chi connectivity index (χ0) is 15.6. The van der Waals surface area contributed by atoms with Crippen LogP contribution in [0.15, 0.2) is 28.9 Å². The summed E-state index contributed by atoms with van der Waals surface area (Å²) < 4.78 is 12.9. The van der Waals surface area contributed by atoms with E-state index in [1.54, 1.807) is 36.0 Å². The zero-order valence-electron chi connectivity index (χ0n) is 11.7. The summed E-state index contributed by atoms with van der Waals surface area (Å²) >= 11 is 9.48. The molecule has 0 saturated carbocycles. The quantitative estimate of drug-likeness (QED) is 0.889. The third-order valence-electron chi connectivity index (χ3n) is 2.93. The molecule has 112 valence electrons. The van der Waals surface area contributed by atoms with Crippen LogP contribution in [0.25, 0.3) is 0 Å². The van der Waals surface area contributed by atoms with Crippen LogP contribution in [0.3, 0.4) is 0 Å². The third-order valence-corrected chi connectivity index (χ3v) is 3.67. The Bertz CT molecular complexity index is 685. The van der Waals surface area contributed by atoms with E-state index in [1.165, 1.54) is 14.2 Å². The molecule has 0 aliphatic carbocycles. The van der Waals surface area contributed by atoms with Crippen LogP contribution in [0, 0.1) is 0 Å². The van der Waals surface area contributed by atoms with Crippen LogP contribution in [-0.2, 0) is 7.05 Å². The van der Waals surface area contributed by atoms with E-state index in [0.29, 0.717) is 27.9 Å². The Labute approximate surface area is 135 Å². The first-order valence-corrected chi connectivity index (χ1v) is 7.18. The van der Waals surface area contributed by atoms with Crippen LogP contribution >= 0.6 is 27.5 Å². The van der Waals surface area contributed by atoms with Gasteiger partial charge in [-0.15, -0.1) is 0 Å². The lowest BCUT2D eigenvalue weighted by Crippen LogP contribution is -2.15. The molecule has 1 heterocycles. The van der Waals surface area contributed by atoms with Crippen LogP contribution in [0.5, 0.6) is 11.5 Å². The predicted molar refractivity (Wildman–Crippen MR) is 85.6 cm³/mol. The molecule has 1 aromatic carbocycles. The summed E-state index contributed by atoms with van der Waals surface area (Å²) in [5.41, 5.74) is 0.962. The zero-order valence-corrected chi connectivity index (χ0v) is 14.1. The van der Waals surface area contributed by atoms with E-state index < -0.39 is 0 Å². The van der Waals surface area contributed by atoms with Crippen molar-refractivity contribution in [2.75, 3.05) is 19.5 Å². The third kappa shape index (κ3) is 3.33. The van der Waals surface area contributed by atoms with Gasteiger partial charge >= 0.3 is 0 Å². The van der Waals surface area contributed by atoms with Crippen molar-refractivity contribution in [3.8, 4) is 11.5 Å². The summed E-state index contributed by atoms with van der Waals surface area (Å²) in [5.74, 6) is 0.727. The molecule has 0 saturated heterocycles. The van der Waals surface area contributed by atoms with Crippen molar-refractivity contribution in [1.82, 2.24) is 4.57 Å². The summed E-state index contributed by atoms with van der Waals surface area (Å²) in [6.07, 6.45) is 1.80. The molecule has 21 heavy (non-hydrogen) atoms. The van der Waals surface area contributed by atoms with Gasteiger partial charge in [0.2, 0.25) is 0 Å². The van der Waals surface area contributed by atoms with Crippen LogP contribution in [0.4, 0.5) is 5.69 Å². The number of methoxy groups -OCH3 is 2. The first-order chi connectivity index (χ1) is 9.96. The van der Waals surface area contributed by atoms with Crippen molar-refractivity contribution in [3.05, 3.63) is 39.6 Å². The van der Waals surface area contributed by atoms with E-state index in [1.807, 2.05) is 0 Å². The second kappa shape index (κ2) is 6.41. The van der Waals surface area contributed by atoms with E-state index in [0.717, 1.165) is 4.47 Å². The van der Waals surface area contributed by atoms with E-state index in [4.69, 9.17) is 21.1 Å². The highest BCUT2D eigenvalue weighted by atomic mass is 79.9. The maximum absolute atomic E-state index is 12.3. The van der Waals surface area contributed by atoms with Gasteiger partial charge in [0.25, 0.3) is 5.91 Å². The Hall–Kier alpha value is -1.66. The maximum atomic E-state index is 12.3. The Balaban J connectivity index is 2.31. The molecule has 0 fully saturated rings. The average molecular weight is 374 g/mol. The van der Waals surface area contributed by atoms with E-state index in [-0.39, 0.29) is 5.91 Å². The molecule has 2 rings (SSSR count). The number of nitrogens with one attached hydrogen (secondary N) is 1. The molecule has 2 aromatic rings. The van der Waals surface area contributed by atoms with Crippen LogP contribution in [0.2, 0.25) is 5.02 Å². The number of ether oxygens (including phenoxy) is 2. The first-order valence-electron chi connectivity index (χ1n) is 6.01. The van der Waals surface area contributed by atoms with Gasteiger partial charge in [-0.1, -0.05) is 11.6 Å². The molecule has 0 bridgehead atoms. The minimum Gasteiger partial charge on any atom is -0.493 e. The van der Waals surface area contributed by atoms with Crippen molar-refractivity contribution in [1.29, 1.82) is 0 Å². The number of nitrogens with zero attached hydrogens (tertiary/aromatic N) is 1. The SMILES string of the molecule is COc1cc(Cl)c(NC(=O)c2cc(Br)cn2C)cc1OC. The largest absolute Gasteiger partial charge is 0.493 e. The normalized spacial score (nSPS) is 10.3. The number of carbonyl (C=O) groups is 1. The summed E-state index contributed by atoms with van der Waals surface area (Å²) in [7, 11) is 4.83. The summed E-state index contributed by atoms with van der Waals surface area (Å²) in [6.45, 7) is 0. The molecule has 7 heteroatoms. The van der Waals surface area contributed by atoms with Crippen molar-refractivity contribution >= 4 is 39.1 Å². The minimum absolute atomic E-state index is 0.266. The summed E-state index contributed by atoms with van der Waals surface area (Å²) in [4.78, 5) is 12.3. The maximum Gasteiger partial charge on any atom is 0.272 e. The highest BCUT2D eigenvalue weighted by Gasteiger charge is 2.15. The number of benzene rings is 1. The molecule has 1 N–H and O–H groups in total. The Morgan fingerprint density at radius 2 is 1.86 bits per heavy atom. The Kier molecular flexibility index (Phi) is 4.80. The van der Waals surface area contributed by atoms with Crippen molar-refractivity contribution in [2.45, 2.75) is 0 Å². The highest BCUT2D eigenvalue weighted by molar-refractivity contribution is 9.10. The second-order valence-corrected chi connectivity index (χ2v) is 5.62. The molecule has 0 aliphatic rings. The van der Waals surface area contributed by atoms with Gasteiger partial charge in [0.1, 0.15) is 5.69 Å². The molecule has 5 nitrogen and oxygen atoms in total. The van der Waals surface area contributed by atoms with Gasteiger partial charge in [0.15, 0.2) is 11.5 Å². The van der Waals surface area contributed by atoms with E-state index >= 15 is 0 Å². The van der Waals surface area contributed by atoms with Gasteiger partial charge in [-0.2, -0.15) is 0 Å². The number of halogens is 2. The summed E-state index contributed by atoms with van der Waals surface area (Å²) in [5, 5.41) is 3.13. The monoisotopic (exact) mass is 372 g/mol. The molecule has 0 aliphatic heterocycles. The number of carbonyl (C=O) groups excluding carboxylic acids is 1. The van der Waals surface area contributed by atoms with Crippen LogP contribution < -0.4 is 14.8 Å². The molecule has 0 radical (unpaired) electrons. The standard InChI is InChI=1S/C14H14BrClN2O3/c1-18-7-8(15)4-11(18)14(19)17-10-6-13(21-3)12(20-2)5-9(10)16/h4-7H,1-3H3,(H,17,19). The Morgan fingerprint density at radius 3 is 2.38 bits per heavy atom. The van der Waals surface area contributed by atoms with Gasteiger partial charge in [0.05, 0.1) is 24.9 Å². The van der Waals surface area contributed by atoms with Crippen molar-refractivity contribution in [3.63, 3.8) is 0 Å². The Morgan fingerprint density at radius 1 is 1.24 bits per heavy atom. The van der Waals surface area contributed by atoms with Gasteiger partial charge in [-0.05, 0) is 22.0 Å². The first kappa shape index (κ1) is 15.7. The predicted octanol–water partition coefficient (Wildman–Crippen LogP) is 3.71. The van der Waals surface area contributed by atoms with Crippen LogP contribution in [0.1, 0.15) is 10.5 Å². The van der Waals surface area contributed by atoms with Gasteiger partial charge in [-0.25, -0.2) is 0 Å². The highest BCUT2D eigenvalue weighted by Crippen LogP contribution is 2.36. The van der Waals surface area contributed by atoms with Gasteiger partial charge in [0, 0.05) is 29.8 Å². The number of rotatable bonds is 4. The fourth-order valence-corrected chi connectivity index (χ4v) is 2.61.